The number of hydrogen-bond donors (Lipinski definition) is 0. The molecule has 23 heavy (non-hydrogen) atoms. The Hall–Kier alpha value is -2.11. The number of carbonyl (C=O) groups excluding carboxylic acids is 1. The summed E-state index contributed by atoms with van der Waals surface area (Å²) in [6.07, 6.45) is -7.19. The molecule has 0 fully saturated rings. The Labute approximate surface area is 133 Å². The second-order valence-corrected chi connectivity index (χ2v) is 4.80. The first-order valence-corrected chi connectivity index (χ1v) is 6.40. The predicted octanol–water partition coefficient (Wildman–Crippen LogP) is 2.88. The van der Waals surface area contributed by atoms with E-state index in [-0.39, 0.29) is 0 Å². The Kier molecular flexibility index (Phi) is 4.63. The lowest BCUT2D eigenvalue weighted by Gasteiger charge is -2.25. The van der Waals surface area contributed by atoms with Crippen LogP contribution < -0.4 is 4.90 Å². The molecule has 12 heteroatoms. The van der Waals surface area contributed by atoms with Gasteiger partial charge in [-0.1, -0.05) is 15.9 Å². The van der Waals surface area contributed by atoms with Gasteiger partial charge in [-0.2, -0.15) is 31.9 Å². The molecule has 0 aromatic carbocycles. The average Bonchev–Trinajstić information content (AvgIpc) is 2.47. The number of anilines is 1. The summed E-state index contributed by atoms with van der Waals surface area (Å²) in [5, 5.41) is 0. The third-order valence-corrected chi connectivity index (χ3v) is 3.09. The van der Waals surface area contributed by atoms with Gasteiger partial charge in [-0.05, 0) is 0 Å². The van der Waals surface area contributed by atoms with Gasteiger partial charge in [0.25, 0.3) is 6.09 Å². The van der Waals surface area contributed by atoms with Crippen molar-refractivity contribution in [3.63, 3.8) is 0 Å². The van der Waals surface area contributed by atoms with E-state index in [9.17, 15) is 26.7 Å². The molecule has 1 radical (unpaired) electrons. The minimum absolute atomic E-state index is 0.357. The molecule has 2 rings (SSSR count). The van der Waals surface area contributed by atoms with E-state index in [1.54, 1.807) is 0 Å². The summed E-state index contributed by atoms with van der Waals surface area (Å²) in [4.78, 5) is 21.0. The Balaban J connectivity index is 2.50. The zero-order valence-electron chi connectivity index (χ0n) is 11.0. The number of halogens is 6. The smallest absolute Gasteiger partial charge is 0.434 e. The van der Waals surface area contributed by atoms with E-state index in [2.05, 4.69) is 35.6 Å². The van der Waals surface area contributed by atoms with E-state index in [0.717, 1.165) is 7.11 Å². The van der Waals surface area contributed by atoms with Gasteiger partial charge < -0.3 is 4.74 Å². The number of rotatable bonds is 2. The summed E-state index contributed by atoms with van der Waals surface area (Å²) < 4.78 is 68.8. The van der Waals surface area contributed by atoms with E-state index < -0.39 is 45.9 Å². The van der Waals surface area contributed by atoms with Crippen LogP contribution in [0.25, 0.3) is 0 Å². The van der Waals surface area contributed by atoms with Gasteiger partial charge in [0.05, 0.1) is 24.3 Å². The molecule has 123 valence electrons. The molecule has 0 amide bonds. The summed E-state index contributed by atoms with van der Waals surface area (Å²) in [6, 6.07) is 0. The highest BCUT2D eigenvalue weighted by atomic mass is 79.9. The molecule has 1 aliphatic heterocycles. The second kappa shape index (κ2) is 6.18. The molecule has 6 nitrogen and oxygen atoms in total. The second-order valence-electron chi connectivity index (χ2n) is 3.94. The lowest BCUT2D eigenvalue weighted by atomic mass is 10.2. The summed E-state index contributed by atoms with van der Waals surface area (Å²) in [6.45, 7) is 0.610. The molecule has 0 saturated carbocycles. The van der Waals surface area contributed by atoms with Crippen molar-refractivity contribution >= 4 is 33.8 Å². The number of ether oxygens (including phenoxy) is 1. The normalized spacial score (nSPS) is 15.6. The third-order valence-electron chi connectivity index (χ3n) is 2.51. The average molecular weight is 400 g/mol. The van der Waals surface area contributed by atoms with Crippen LogP contribution in [0.4, 0.5) is 27.8 Å². The Morgan fingerprint density at radius 2 is 2.00 bits per heavy atom. The van der Waals surface area contributed by atoms with E-state index in [1.165, 1.54) is 0 Å². The van der Waals surface area contributed by atoms with Crippen LogP contribution in [0, 0.1) is 12.6 Å². The van der Waals surface area contributed by atoms with Crippen molar-refractivity contribution in [2.45, 2.75) is 6.18 Å². The van der Waals surface area contributed by atoms with Crippen LogP contribution in [0.5, 0.6) is 0 Å². The SMILES string of the molecule is COC(=O)c1cnc(F)nc1N1[CH]C(Br)=C(C(F)(F)F)N=C1F. The summed E-state index contributed by atoms with van der Waals surface area (Å²) in [5.74, 6) is -1.70. The van der Waals surface area contributed by atoms with Gasteiger partial charge in [0, 0.05) is 0 Å². The van der Waals surface area contributed by atoms with Crippen molar-refractivity contribution in [2.24, 2.45) is 4.99 Å². The number of methoxy groups -OCH3 is 1. The van der Waals surface area contributed by atoms with Gasteiger partial charge in [-0.3, -0.25) is 4.90 Å². The zero-order chi connectivity index (χ0) is 17.4. The fraction of sp³-hybridized carbons (Fsp3) is 0.182. The van der Waals surface area contributed by atoms with E-state index in [4.69, 9.17) is 0 Å². The van der Waals surface area contributed by atoms with E-state index in [0.29, 0.717) is 17.6 Å². The van der Waals surface area contributed by atoms with Crippen LogP contribution in [0.3, 0.4) is 0 Å². The van der Waals surface area contributed by atoms with Crippen molar-refractivity contribution in [1.82, 2.24) is 9.97 Å². The Morgan fingerprint density at radius 3 is 2.57 bits per heavy atom. The van der Waals surface area contributed by atoms with Gasteiger partial charge in [0.2, 0.25) is 0 Å². The largest absolute Gasteiger partial charge is 0.465 e. The van der Waals surface area contributed by atoms with Crippen molar-refractivity contribution in [3.8, 4) is 0 Å². The highest BCUT2D eigenvalue weighted by Gasteiger charge is 2.41. The Bertz CT molecular complexity index is 719. The summed E-state index contributed by atoms with van der Waals surface area (Å²) in [7, 11) is 0.997. The van der Waals surface area contributed by atoms with Crippen LogP contribution >= 0.6 is 15.9 Å². The van der Waals surface area contributed by atoms with Gasteiger partial charge in [0.1, 0.15) is 5.56 Å². The fourth-order valence-electron chi connectivity index (χ4n) is 1.56. The van der Waals surface area contributed by atoms with Gasteiger partial charge in [-0.25, -0.2) is 9.78 Å². The van der Waals surface area contributed by atoms with Gasteiger partial charge >= 0.3 is 18.2 Å². The molecule has 0 spiro atoms. The maximum atomic E-state index is 13.9. The number of nitrogens with zero attached hydrogens (tertiary/aromatic N) is 4. The molecule has 1 aromatic heterocycles. The number of carbonyl (C=O) groups is 1. The first-order chi connectivity index (χ1) is 10.6. The molecule has 0 unspecified atom stereocenters. The van der Waals surface area contributed by atoms with E-state index in [1.807, 2.05) is 0 Å². The van der Waals surface area contributed by atoms with Crippen LogP contribution in [-0.2, 0) is 4.74 Å². The minimum Gasteiger partial charge on any atom is -0.465 e. The number of aliphatic imine (C=N–C) groups is 1. The monoisotopic (exact) mass is 399 g/mol. The number of esters is 1. The number of aromatic nitrogens is 2. The first kappa shape index (κ1) is 17.2. The predicted molar refractivity (Wildman–Crippen MR) is 70.7 cm³/mol. The maximum Gasteiger partial charge on any atom is 0.434 e. The van der Waals surface area contributed by atoms with Gasteiger partial charge in [-0.15, -0.1) is 0 Å². The maximum absolute atomic E-state index is 13.9. The molecular formula is C11H5BrF5N4O2. The van der Waals surface area contributed by atoms with Crippen molar-refractivity contribution < 1.29 is 31.5 Å². The summed E-state index contributed by atoms with van der Waals surface area (Å²) >= 11 is 2.59. The molecule has 1 aromatic rings. The molecule has 0 aliphatic carbocycles. The highest BCUT2D eigenvalue weighted by Crippen LogP contribution is 2.38. The molecule has 1 aliphatic rings. The van der Waals surface area contributed by atoms with Crippen LogP contribution in [-0.4, -0.2) is 35.3 Å². The third kappa shape index (κ3) is 3.46. The minimum atomic E-state index is -4.92. The first-order valence-electron chi connectivity index (χ1n) is 5.61. The Morgan fingerprint density at radius 1 is 1.35 bits per heavy atom. The lowest BCUT2D eigenvalue weighted by Crippen LogP contribution is -2.33. The van der Waals surface area contributed by atoms with Gasteiger partial charge in [0.15, 0.2) is 11.5 Å². The topological polar surface area (TPSA) is 67.7 Å². The molecule has 0 bridgehead atoms. The number of allylic oxidation sites excluding steroid dienone is 1. The number of hydrogen-bond acceptors (Lipinski definition) is 6. The lowest BCUT2D eigenvalue weighted by molar-refractivity contribution is -0.0928. The summed E-state index contributed by atoms with van der Waals surface area (Å²) in [5.41, 5.74) is -1.99. The molecular weight excluding hydrogens is 395 g/mol. The van der Waals surface area contributed by atoms with Crippen molar-refractivity contribution in [1.29, 1.82) is 0 Å². The quantitative estimate of drug-likeness (QED) is 0.331. The zero-order valence-corrected chi connectivity index (χ0v) is 12.6. The fourth-order valence-corrected chi connectivity index (χ4v) is 2.08. The standard InChI is InChI=1S/C11H5BrF5N4O2/c1-23-8(22)4-2-18-9(13)20-7(4)21-3-5(12)6(11(15,16)17)19-10(21)14/h2-3H,1H3. The van der Waals surface area contributed by atoms with Crippen molar-refractivity contribution in [2.75, 3.05) is 12.0 Å². The molecule has 0 saturated heterocycles. The van der Waals surface area contributed by atoms with Crippen LogP contribution in [0.15, 0.2) is 21.4 Å². The highest BCUT2D eigenvalue weighted by molar-refractivity contribution is 9.11. The number of amidine groups is 1. The van der Waals surface area contributed by atoms with Crippen LogP contribution in [0.1, 0.15) is 10.4 Å². The van der Waals surface area contributed by atoms with Crippen LogP contribution in [0.2, 0.25) is 0 Å². The number of alkyl halides is 3. The van der Waals surface area contributed by atoms with E-state index >= 15 is 0 Å². The molecule has 0 atom stereocenters. The molecule has 2 heterocycles. The molecule has 0 N–H and O–H groups in total. The van der Waals surface area contributed by atoms with Crippen molar-refractivity contribution in [3.05, 3.63) is 34.6 Å².